The van der Waals surface area contributed by atoms with E-state index < -0.39 is 39.7 Å². The molecule has 0 fully saturated rings. The second-order valence-electron chi connectivity index (χ2n) is 26.4. The van der Waals surface area contributed by atoms with Crippen LogP contribution in [0.25, 0.3) is 89.5 Å². The third-order valence-electron chi connectivity index (χ3n) is 19.0. The van der Waals surface area contributed by atoms with Crippen LogP contribution >= 0.6 is 0 Å². The fraction of sp³-hybridized carbons (Fsp3) is 0.284. The van der Waals surface area contributed by atoms with Crippen molar-refractivity contribution in [2.45, 2.75) is 155 Å². The summed E-state index contributed by atoms with van der Waals surface area (Å²) in [6, 6.07) is 64.2. The highest BCUT2D eigenvalue weighted by molar-refractivity contribution is 5.80. The lowest BCUT2D eigenvalue weighted by Crippen LogP contribution is -2.32. The predicted molar refractivity (Wildman–Crippen MR) is 422 cm³/mol. The Morgan fingerprint density at radius 2 is 0.576 bits per heavy atom. The lowest BCUT2D eigenvalue weighted by Gasteiger charge is -2.14. The molecule has 4 aromatic heterocycles. The summed E-state index contributed by atoms with van der Waals surface area (Å²) in [7, 11) is 7.81. The number of aromatic nitrogens is 4. The van der Waals surface area contributed by atoms with Crippen LogP contribution in [0, 0.1) is 69.0 Å². The van der Waals surface area contributed by atoms with Gasteiger partial charge in [0.05, 0.1) is 0 Å². The molecule has 0 saturated heterocycles. The van der Waals surface area contributed by atoms with Gasteiger partial charge in [-0.3, -0.25) is 0 Å². The maximum absolute atomic E-state index is 8.29. The van der Waals surface area contributed by atoms with Crippen molar-refractivity contribution in [3.63, 3.8) is 0 Å². The molecule has 0 atom stereocenters. The summed E-state index contributed by atoms with van der Waals surface area (Å²) in [5.74, 6) is 0.541. The zero-order chi connectivity index (χ0) is 84.2. The van der Waals surface area contributed by atoms with Crippen LogP contribution in [0.4, 0.5) is 0 Å². The minimum absolute atomic E-state index is 0.0451. The molecule has 0 aliphatic rings. The summed E-state index contributed by atoms with van der Waals surface area (Å²) in [5, 5.41) is 0. The van der Waals surface area contributed by atoms with Crippen LogP contribution in [-0.2, 0) is 60.2 Å². The van der Waals surface area contributed by atoms with Gasteiger partial charge in [-0.1, -0.05) is 194 Å². The Labute approximate surface area is 617 Å². The van der Waals surface area contributed by atoms with Gasteiger partial charge in [-0.05, 0) is 242 Å². The predicted octanol–water partition coefficient (Wildman–Crippen LogP) is 22.4. The second-order valence-corrected chi connectivity index (χ2v) is 26.4. The third kappa shape index (κ3) is 17.1. The lowest BCUT2D eigenvalue weighted by atomic mass is 9.92. The van der Waals surface area contributed by atoms with Crippen LogP contribution < -0.4 is 18.3 Å². The average Bonchev–Trinajstić information content (AvgIpc) is 0.778. The molecule has 0 spiro atoms. The minimum Gasteiger partial charge on any atom is -0.201 e. The second kappa shape index (κ2) is 33.3. The smallest absolute Gasteiger partial charge is 0.201 e. The quantitative estimate of drug-likeness (QED) is 0.0965. The Morgan fingerprint density at radius 3 is 0.919 bits per heavy atom. The van der Waals surface area contributed by atoms with Gasteiger partial charge in [0.2, 0.25) is 22.8 Å². The number of rotatable bonds is 14. The minimum atomic E-state index is -2.47. The molecule has 4 heterocycles. The van der Waals surface area contributed by atoms with Crippen LogP contribution in [0.1, 0.15) is 164 Å². The summed E-state index contributed by atoms with van der Waals surface area (Å²) in [6.07, 6.45) is 4.48. The van der Waals surface area contributed by atoms with Gasteiger partial charge < -0.3 is 0 Å². The molecule has 0 aliphatic heterocycles. The van der Waals surface area contributed by atoms with E-state index in [0.717, 1.165) is 35.1 Å². The van der Waals surface area contributed by atoms with Gasteiger partial charge in [0.1, 0.15) is 28.2 Å². The largest absolute Gasteiger partial charge is 0.212 e. The molecular formula is C95H110N4+4. The van der Waals surface area contributed by atoms with E-state index in [0.29, 0.717) is 39.6 Å². The Hall–Kier alpha value is -9.64. The van der Waals surface area contributed by atoms with Gasteiger partial charge in [0, 0.05) is 89.3 Å². The molecular weight excluding hydrogens is 1200 g/mol. The maximum Gasteiger partial charge on any atom is 0.212 e. The molecule has 4 nitrogen and oxygen atoms in total. The highest BCUT2D eigenvalue weighted by atomic mass is 14.9. The fourth-order valence-electron chi connectivity index (χ4n) is 13.5. The van der Waals surface area contributed by atoms with E-state index in [9.17, 15) is 0 Å². The first-order valence-corrected chi connectivity index (χ1v) is 34.5. The molecule has 12 rings (SSSR count). The molecule has 0 unspecified atom stereocenters. The van der Waals surface area contributed by atoms with Crippen molar-refractivity contribution in [3.8, 4) is 89.5 Å². The summed E-state index contributed by atoms with van der Waals surface area (Å²) < 4.78 is 129. The number of pyridine rings is 4. The number of aryl methyl sites for hydroxylation is 19. The Bertz CT molecular complexity index is 5250. The van der Waals surface area contributed by atoms with Crippen LogP contribution in [-0.4, -0.2) is 0 Å². The first kappa shape index (κ1) is 55.3. The Balaban J connectivity index is 0.000000175. The number of benzene rings is 8. The number of hydrogen-bond donors (Lipinski definition) is 0. The molecule has 99 heavy (non-hydrogen) atoms. The van der Waals surface area contributed by atoms with Crippen LogP contribution in [0.5, 0.6) is 0 Å². The van der Waals surface area contributed by atoms with Gasteiger partial charge in [-0.2, -0.15) is 0 Å². The molecule has 0 bridgehead atoms. The summed E-state index contributed by atoms with van der Waals surface area (Å²) in [5.41, 5.74) is 29.4. The third-order valence-corrected chi connectivity index (χ3v) is 19.0. The normalized spacial score (nSPS) is 14.0. The Morgan fingerprint density at radius 1 is 0.283 bits per heavy atom. The first-order valence-electron chi connectivity index (χ1n) is 42.0. The van der Waals surface area contributed by atoms with E-state index >= 15 is 0 Å². The molecule has 0 N–H and O–H groups in total. The molecule has 12 aromatic rings. The maximum atomic E-state index is 8.29. The molecule has 8 aromatic carbocycles. The molecule has 0 aliphatic carbocycles. The zero-order valence-electron chi connectivity index (χ0n) is 76.6. The van der Waals surface area contributed by atoms with Gasteiger partial charge in [-0.25, -0.2) is 18.3 Å². The molecule has 0 amide bonds. The van der Waals surface area contributed by atoms with Gasteiger partial charge in [0.15, 0.2) is 24.8 Å². The standard InChI is InChI=1S/3C24H28N.C23H26N/c1-16(2)23-15-25(6)24(13-19(23)5)22-14-21(17(3)12-18(22)4)20-10-8-7-9-11-20;2*1-6-19-14-24(25(5)16-20(19)7-2)23-15-22(17(3)13-18(23)4)21-11-9-8-10-12-21;1-6-19-13-23(24(5)15-18(19)4)22-14-21(16(2)12-17(22)3)20-10-8-7-9-11-20/h7-16H,1-6H3;2*8-16H,6-7H2,1-5H3;7-15H,6H2,1-5H3/q4*+1/i;3D3,6D2,7D2;;2D3,4D3,6D2. The van der Waals surface area contributed by atoms with E-state index in [2.05, 4.69) is 195 Å². The lowest BCUT2D eigenvalue weighted by molar-refractivity contribution is -0.661. The van der Waals surface area contributed by atoms with E-state index in [4.69, 9.17) is 20.6 Å². The van der Waals surface area contributed by atoms with Crippen LogP contribution in [0.3, 0.4) is 0 Å². The SMILES string of the molecule is CCc1cc(-c2cc(-c3ccccc3)c(C)cc2C)[n+](C)cc1CC.Cc1cc(C)c(-c2cc(C)c(C(C)C)c[n+]2C)cc1-c1ccccc1.[2H]C([2H])([2H])c1cc(C)c(-c2cc(C([2H])([2H])C)c(C([2H])([2H])C)c[n+]2C)cc1-c1ccccc1.[2H]C([2H])([2H])c1cc(C)c(-c2cc(C([2H])([2H])C)c(C([2H])([2H])[2H])c[n+]2C)cc1-c1ccccc1. The molecule has 0 radical (unpaired) electrons. The van der Waals surface area contributed by atoms with E-state index in [1.54, 1.807) is 66.7 Å². The van der Waals surface area contributed by atoms with Crippen molar-refractivity contribution in [2.24, 2.45) is 28.2 Å². The van der Waals surface area contributed by atoms with Crippen molar-refractivity contribution >= 4 is 0 Å². The van der Waals surface area contributed by atoms with Crippen molar-refractivity contribution in [3.05, 3.63) is 308 Å². The van der Waals surface area contributed by atoms with Crippen molar-refractivity contribution in [1.82, 2.24) is 0 Å². The van der Waals surface area contributed by atoms with E-state index in [1.165, 1.54) is 116 Å². The highest BCUT2D eigenvalue weighted by Gasteiger charge is 2.23. The molecule has 506 valence electrons. The summed E-state index contributed by atoms with van der Waals surface area (Å²) >= 11 is 0. The number of nitrogens with zero attached hydrogens (tertiary/aromatic N) is 4. The van der Waals surface area contributed by atoms with Crippen molar-refractivity contribution in [1.29, 1.82) is 0 Å². The van der Waals surface area contributed by atoms with Crippen LogP contribution in [0.2, 0.25) is 0 Å². The molecule has 0 saturated carbocycles. The Kier molecular flexibility index (Phi) is 18.6. The summed E-state index contributed by atoms with van der Waals surface area (Å²) in [6.45, 7) is 20.8. The van der Waals surface area contributed by atoms with Gasteiger partial charge in [0.25, 0.3) is 0 Å². The highest BCUT2D eigenvalue weighted by Crippen LogP contribution is 2.37. The number of hydrogen-bond acceptors (Lipinski definition) is 0. The van der Waals surface area contributed by atoms with Crippen molar-refractivity contribution < 1.29 is 38.8 Å². The van der Waals surface area contributed by atoms with E-state index in [-0.39, 0.29) is 33.4 Å². The summed E-state index contributed by atoms with van der Waals surface area (Å²) in [4.78, 5) is 0. The van der Waals surface area contributed by atoms with Gasteiger partial charge in [-0.15, -0.1) is 0 Å². The van der Waals surface area contributed by atoms with E-state index in [1.807, 2.05) is 73.7 Å². The topological polar surface area (TPSA) is 15.5 Å². The average molecular weight is 1320 g/mol. The fourth-order valence-corrected chi connectivity index (χ4v) is 13.5. The van der Waals surface area contributed by atoms with Gasteiger partial charge >= 0.3 is 0 Å². The van der Waals surface area contributed by atoms with Crippen molar-refractivity contribution in [2.75, 3.05) is 0 Å². The first-order chi connectivity index (χ1) is 53.1. The van der Waals surface area contributed by atoms with Crippen LogP contribution in [0.15, 0.2) is 219 Å². The zero-order valence-corrected chi connectivity index (χ0v) is 61.6. The monoisotopic (exact) mass is 1320 g/mol. The molecule has 4 heteroatoms.